The summed E-state index contributed by atoms with van der Waals surface area (Å²) < 4.78 is 6.23. The van der Waals surface area contributed by atoms with E-state index < -0.39 is 0 Å². The third kappa shape index (κ3) is 3.67. The van der Waals surface area contributed by atoms with Crippen molar-refractivity contribution >= 4 is 0 Å². The van der Waals surface area contributed by atoms with Crippen molar-refractivity contribution in [2.75, 3.05) is 13.2 Å². The lowest BCUT2D eigenvalue weighted by molar-refractivity contribution is -0.140. The van der Waals surface area contributed by atoms with E-state index in [1.165, 1.54) is 24.8 Å². The maximum atomic E-state index is 6.23. The lowest BCUT2D eigenvalue weighted by Crippen LogP contribution is -2.63. The van der Waals surface area contributed by atoms with E-state index in [4.69, 9.17) is 4.74 Å². The SMILES string of the molecule is CCNC1CC(OCCCc2ccccc2)C1(CC)CC. The van der Waals surface area contributed by atoms with Gasteiger partial charge in [0.1, 0.15) is 0 Å². The van der Waals surface area contributed by atoms with E-state index in [0.717, 1.165) is 26.0 Å². The lowest BCUT2D eigenvalue weighted by Gasteiger charge is -2.55. The molecule has 0 aromatic heterocycles. The Balaban J connectivity index is 1.75. The van der Waals surface area contributed by atoms with E-state index in [2.05, 4.69) is 56.4 Å². The van der Waals surface area contributed by atoms with Crippen LogP contribution in [-0.2, 0) is 11.2 Å². The van der Waals surface area contributed by atoms with Gasteiger partial charge in [0.25, 0.3) is 0 Å². The third-order valence-corrected chi connectivity index (χ3v) is 5.32. The third-order valence-electron chi connectivity index (χ3n) is 5.32. The van der Waals surface area contributed by atoms with Gasteiger partial charge >= 0.3 is 0 Å². The van der Waals surface area contributed by atoms with E-state index in [-0.39, 0.29) is 0 Å². The van der Waals surface area contributed by atoms with Crippen LogP contribution in [0, 0.1) is 5.41 Å². The van der Waals surface area contributed by atoms with Gasteiger partial charge in [-0.3, -0.25) is 0 Å². The highest BCUT2D eigenvalue weighted by Crippen LogP contribution is 2.48. The van der Waals surface area contributed by atoms with Gasteiger partial charge in [-0.1, -0.05) is 51.1 Å². The zero-order valence-corrected chi connectivity index (χ0v) is 13.9. The molecular weight excluding hydrogens is 258 g/mol. The van der Waals surface area contributed by atoms with Gasteiger partial charge in [-0.15, -0.1) is 0 Å². The minimum atomic E-state index is 0.364. The second-order valence-electron chi connectivity index (χ2n) is 6.23. The van der Waals surface area contributed by atoms with Crippen molar-refractivity contribution in [3.63, 3.8) is 0 Å². The van der Waals surface area contributed by atoms with Crippen LogP contribution in [0.2, 0.25) is 0 Å². The topological polar surface area (TPSA) is 21.3 Å². The molecule has 1 aliphatic rings. The van der Waals surface area contributed by atoms with Crippen molar-refractivity contribution in [3.8, 4) is 0 Å². The molecule has 0 radical (unpaired) electrons. The van der Waals surface area contributed by atoms with Crippen LogP contribution in [0.1, 0.15) is 52.0 Å². The van der Waals surface area contributed by atoms with Gasteiger partial charge in [0.15, 0.2) is 0 Å². The molecule has 0 bridgehead atoms. The first kappa shape index (κ1) is 16.5. The summed E-state index contributed by atoms with van der Waals surface area (Å²) in [7, 11) is 0. The van der Waals surface area contributed by atoms with Crippen LogP contribution in [0.15, 0.2) is 30.3 Å². The van der Waals surface area contributed by atoms with Crippen molar-refractivity contribution in [3.05, 3.63) is 35.9 Å². The number of aryl methyl sites for hydroxylation is 1. The molecule has 118 valence electrons. The van der Waals surface area contributed by atoms with Crippen LogP contribution in [0.5, 0.6) is 0 Å². The number of hydrogen-bond donors (Lipinski definition) is 1. The average Bonchev–Trinajstić information content (AvgIpc) is 2.51. The highest BCUT2D eigenvalue weighted by atomic mass is 16.5. The van der Waals surface area contributed by atoms with Crippen LogP contribution in [0.25, 0.3) is 0 Å². The van der Waals surface area contributed by atoms with E-state index >= 15 is 0 Å². The molecule has 2 nitrogen and oxygen atoms in total. The standard InChI is InChI=1S/C19H31NO/c1-4-19(5-2)17(20-6-3)15-18(19)21-14-10-13-16-11-8-7-9-12-16/h7-9,11-12,17-18,20H,4-6,10,13-15H2,1-3H3. The maximum Gasteiger partial charge on any atom is 0.0661 e. The molecule has 1 aliphatic carbocycles. The number of benzene rings is 1. The molecule has 1 N–H and O–H groups in total. The first-order valence-corrected chi connectivity index (χ1v) is 8.65. The Labute approximate surface area is 130 Å². The molecule has 2 atom stereocenters. The van der Waals surface area contributed by atoms with Crippen molar-refractivity contribution in [2.45, 2.75) is 65.0 Å². The van der Waals surface area contributed by atoms with Gasteiger partial charge in [0, 0.05) is 18.1 Å². The fourth-order valence-electron chi connectivity index (χ4n) is 3.86. The monoisotopic (exact) mass is 289 g/mol. The summed E-state index contributed by atoms with van der Waals surface area (Å²) in [6.07, 6.45) is 6.30. The molecule has 1 aromatic rings. The predicted molar refractivity (Wildman–Crippen MR) is 89.6 cm³/mol. The summed E-state index contributed by atoms with van der Waals surface area (Å²) >= 11 is 0. The molecule has 0 saturated heterocycles. The summed E-state index contributed by atoms with van der Waals surface area (Å²) in [6, 6.07) is 11.4. The Bertz CT molecular complexity index is 399. The number of nitrogens with one attached hydrogen (secondary N) is 1. The van der Waals surface area contributed by atoms with Crippen molar-refractivity contribution < 1.29 is 4.74 Å². The Hall–Kier alpha value is -0.860. The summed E-state index contributed by atoms with van der Waals surface area (Å²) in [5.41, 5.74) is 1.78. The van der Waals surface area contributed by atoms with E-state index in [0.29, 0.717) is 17.6 Å². The van der Waals surface area contributed by atoms with Crippen molar-refractivity contribution in [2.24, 2.45) is 5.41 Å². The Kier molecular flexibility index (Phi) is 6.25. The maximum absolute atomic E-state index is 6.23. The van der Waals surface area contributed by atoms with E-state index in [1.807, 2.05) is 0 Å². The second-order valence-corrected chi connectivity index (χ2v) is 6.23. The van der Waals surface area contributed by atoms with Crippen LogP contribution in [0.3, 0.4) is 0 Å². The largest absolute Gasteiger partial charge is 0.378 e. The average molecular weight is 289 g/mol. The van der Waals surface area contributed by atoms with Gasteiger partial charge in [0.2, 0.25) is 0 Å². The minimum absolute atomic E-state index is 0.364. The number of rotatable bonds is 9. The lowest BCUT2D eigenvalue weighted by atomic mass is 9.58. The number of hydrogen-bond acceptors (Lipinski definition) is 2. The van der Waals surface area contributed by atoms with E-state index in [1.54, 1.807) is 0 Å². The van der Waals surface area contributed by atoms with Crippen LogP contribution < -0.4 is 5.32 Å². The summed E-state index contributed by atoms with van der Waals surface area (Å²) in [6.45, 7) is 8.78. The highest BCUT2D eigenvalue weighted by molar-refractivity contribution is 5.14. The molecule has 0 spiro atoms. The van der Waals surface area contributed by atoms with Crippen LogP contribution in [0.4, 0.5) is 0 Å². The second kappa shape index (κ2) is 7.95. The van der Waals surface area contributed by atoms with Gasteiger partial charge in [-0.2, -0.15) is 0 Å². The molecular formula is C19H31NO. The Morgan fingerprint density at radius 3 is 2.48 bits per heavy atom. The Morgan fingerprint density at radius 1 is 1.14 bits per heavy atom. The normalized spacial score (nSPS) is 23.8. The molecule has 2 heteroatoms. The molecule has 1 aromatic carbocycles. The van der Waals surface area contributed by atoms with Crippen molar-refractivity contribution in [1.29, 1.82) is 0 Å². The van der Waals surface area contributed by atoms with Gasteiger partial charge in [-0.25, -0.2) is 0 Å². The molecule has 2 rings (SSSR count). The fourth-order valence-corrected chi connectivity index (χ4v) is 3.86. The molecule has 2 unspecified atom stereocenters. The first-order chi connectivity index (χ1) is 10.3. The van der Waals surface area contributed by atoms with Gasteiger partial charge in [0.05, 0.1) is 6.10 Å². The summed E-state index contributed by atoms with van der Waals surface area (Å²) in [5, 5.41) is 3.64. The molecule has 21 heavy (non-hydrogen) atoms. The quantitative estimate of drug-likeness (QED) is 0.688. The van der Waals surface area contributed by atoms with Gasteiger partial charge in [-0.05, 0) is 44.2 Å². The molecule has 0 amide bonds. The minimum Gasteiger partial charge on any atom is -0.378 e. The van der Waals surface area contributed by atoms with E-state index in [9.17, 15) is 0 Å². The number of ether oxygens (including phenoxy) is 1. The van der Waals surface area contributed by atoms with Crippen molar-refractivity contribution in [1.82, 2.24) is 5.32 Å². The smallest absolute Gasteiger partial charge is 0.0661 e. The molecule has 0 aliphatic heterocycles. The summed E-state index contributed by atoms with van der Waals surface area (Å²) in [5.74, 6) is 0. The molecule has 0 heterocycles. The Morgan fingerprint density at radius 2 is 1.86 bits per heavy atom. The highest BCUT2D eigenvalue weighted by Gasteiger charge is 2.52. The predicted octanol–water partition coefficient (Wildman–Crippen LogP) is 4.19. The molecule has 1 saturated carbocycles. The zero-order chi connectivity index (χ0) is 15.1. The molecule has 1 fully saturated rings. The first-order valence-electron chi connectivity index (χ1n) is 8.65. The zero-order valence-electron chi connectivity index (χ0n) is 13.9. The van der Waals surface area contributed by atoms with Gasteiger partial charge < -0.3 is 10.1 Å². The fraction of sp³-hybridized carbons (Fsp3) is 0.684. The van der Waals surface area contributed by atoms with Crippen LogP contribution in [-0.4, -0.2) is 25.3 Å². The van der Waals surface area contributed by atoms with Crippen LogP contribution >= 0.6 is 0 Å². The summed E-state index contributed by atoms with van der Waals surface area (Å²) in [4.78, 5) is 0.